The number of hydrogen-bond acceptors (Lipinski definition) is 3. The molecule has 0 aliphatic carbocycles. The predicted octanol–water partition coefficient (Wildman–Crippen LogP) is -0.385. The number of rotatable bonds is 1. The molecule has 1 unspecified atom stereocenters. The first-order chi connectivity index (χ1) is 6.93. The fraction of sp³-hybridized carbons (Fsp3) is 0.571. The van der Waals surface area contributed by atoms with E-state index in [2.05, 4.69) is 0 Å². The van der Waals surface area contributed by atoms with Crippen molar-refractivity contribution in [3.8, 4) is 0 Å². The smallest absolute Gasteiger partial charge is 0.408 e. The Morgan fingerprint density at radius 3 is 2.27 bits per heavy atom. The molecule has 1 atom stereocenters. The summed E-state index contributed by atoms with van der Waals surface area (Å²) in [6, 6.07) is -0.734. The SMILES string of the molecule is NC(=S)C1CN(C(=O)O)CCN1C(=O)O. The highest BCUT2D eigenvalue weighted by molar-refractivity contribution is 7.80. The molecule has 0 spiro atoms. The molecule has 15 heavy (non-hydrogen) atoms. The monoisotopic (exact) mass is 233 g/mol. The van der Waals surface area contributed by atoms with E-state index < -0.39 is 18.2 Å². The topological polar surface area (TPSA) is 107 Å². The molecular formula is C7H11N3O4S. The van der Waals surface area contributed by atoms with Crippen LogP contribution in [0.1, 0.15) is 0 Å². The number of carbonyl (C=O) groups is 2. The van der Waals surface area contributed by atoms with Crippen molar-refractivity contribution in [2.24, 2.45) is 5.73 Å². The molecule has 4 N–H and O–H groups in total. The van der Waals surface area contributed by atoms with E-state index in [1.807, 2.05) is 0 Å². The molecule has 2 amide bonds. The quantitative estimate of drug-likeness (QED) is 0.533. The van der Waals surface area contributed by atoms with Gasteiger partial charge in [-0.05, 0) is 0 Å². The second-order valence-electron chi connectivity index (χ2n) is 3.12. The minimum absolute atomic E-state index is 0.00301. The van der Waals surface area contributed by atoms with Crippen LogP contribution in [0.3, 0.4) is 0 Å². The van der Waals surface area contributed by atoms with Gasteiger partial charge in [-0.25, -0.2) is 9.59 Å². The first-order valence-corrected chi connectivity index (χ1v) is 4.61. The number of hydrogen-bond donors (Lipinski definition) is 3. The van der Waals surface area contributed by atoms with Gasteiger partial charge in [-0.2, -0.15) is 0 Å². The van der Waals surface area contributed by atoms with Gasteiger partial charge in [-0.15, -0.1) is 0 Å². The van der Waals surface area contributed by atoms with Crippen molar-refractivity contribution in [2.75, 3.05) is 19.6 Å². The van der Waals surface area contributed by atoms with E-state index in [9.17, 15) is 9.59 Å². The Morgan fingerprint density at radius 1 is 1.27 bits per heavy atom. The van der Waals surface area contributed by atoms with Gasteiger partial charge in [0.25, 0.3) is 0 Å². The summed E-state index contributed by atoms with van der Waals surface area (Å²) in [5.74, 6) is 0. The Hall–Kier alpha value is -1.57. The predicted molar refractivity (Wildman–Crippen MR) is 54.9 cm³/mol. The average Bonchev–Trinajstić information content (AvgIpc) is 2.16. The second-order valence-corrected chi connectivity index (χ2v) is 3.59. The largest absolute Gasteiger partial charge is 0.465 e. The van der Waals surface area contributed by atoms with Crippen LogP contribution in [-0.2, 0) is 0 Å². The molecule has 84 valence electrons. The highest BCUT2D eigenvalue weighted by Crippen LogP contribution is 2.10. The van der Waals surface area contributed by atoms with Crippen molar-refractivity contribution in [3.63, 3.8) is 0 Å². The van der Waals surface area contributed by atoms with Gasteiger partial charge in [0.1, 0.15) is 6.04 Å². The van der Waals surface area contributed by atoms with Crippen molar-refractivity contribution in [3.05, 3.63) is 0 Å². The van der Waals surface area contributed by atoms with E-state index in [4.69, 9.17) is 28.2 Å². The van der Waals surface area contributed by atoms with E-state index in [1.165, 1.54) is 0 Å². The fourth-order valence-electron chi connectivity index (χ4n) is 1.43. The minimum Gasteiger partial charge on any atom is -0.465 e. The van der Waals surface area contributed by atoms with Crippen LogP contribution < -0.4 is 5.73 Å². The average molecular weight is 233 g/mol. The summed E-state index contributed by atoms with van der Waals surface area (Å²) in [5, 5.41) is 17.6. The third-order valence-electron chi connectivity index (χ3n) is 2.23. The molecule has 7 nitrogen and oxygen atoms in total. The molecule has 1 aliphatic heterocycles. The summed E-state index contributed by atoms with van der Waals surface area (Å²) < 4.78 is 0. The first kappa shape index (κ1) is 11.5. The molecule has 0 saturated carbocycles. The zero-order valence-electron chi connectivity index (χ0n) is 7.79. The fourth-order valence-corrected chi connectivity index (χ4v) is 1.63. The Bertz CT molecular complexity index is 309. The zero-order chi connectivity index (χ0) is 11.6. The standard InChI is InChI=1S/C7H11N3O4S/c8-5(15)4-3-9(6(11)12)1-2-10(4)7(13)14/h4H,1-3H2,(H2,8,15)(H,11,12)(H,13,14). The van der Waals surface area contributed by atoms with Crippen molar-refractivity contribution in [1.82, 2.24) is 9.80 Å². The van der Waals surface area contributed by atoms with Gasteiger partial charge < -0.3 is 20.8 Å². The van der Waals surface area contributed by atoms with E-state index >= 15 is 0 Å². The minimum atomic E-state index is -1.14. The van der Waals surface area contributed by atoms with Crippen LogP contribution in [0.4, 0.5) is 9.59 Å². The van der Waals surface area contributed by atoms with Crippen molar-refractivity contribution >= 4 is 29.4 Å². The molecule has 0 aromatic carbocycles. The number of piperazine rings is 1. The Kier molecular flexibility index (Phi) is 3.30. The molecule has 8 heteroatoms. The summed E-state index contributed by atoms with van der Waals surface area (Å²) in [6.45, 7) is 0.224. The molecular weight excluding hydrogens is 222 g/mol. The molecule has 1 saturated heterocycles. The third kappa shape index (κ3) is 2.46. The van der Waals surface area contributed by atoms with Crippen LogP contribution in [0.2, 0.25) is 0 Å². The summed E-state index contributed by atoms with van der Waals surface area (Å²) >= 11 is 4.70. The van der Waals surface area contributed by atoms with Crippen LogP contribution in [0.5, 0.6) is 0 Å². The molecule has 0 radical (unpaired) electrons. The Morgan fingerprint density at radius 2 is 1.87 bits per heavy atom. The maximum atomic E-state index is 10.8. The van der Waals surface area contributed by atoms with Gasteiger partial charge in [0.2, 0.25) is 0 Å². The van der Waals surface area contributed by atoms with Crippen molar-refractivity contribution < 1.29 is 19.8 Å². The molecule has 0 bridgehead atoms. The molecule has 1 rings (SSSR count). The summed E-state index contributed by atoms with van der Waals surface area (Å²) in [5.41, 5.74) is 5.36. The van der Waals surface area contributed by atoms with E-state index in [-0.39, 0.29) is 24.6 Å². The van der Waals surface area contributed by atoms with E-state index in [0.29, 0.717) is 0 Å². The van der Waals surface area contributed by atoms with Gasteiger partial charge in [-0.1, -0.05) is 12.2 Å². The van der Waals surface area contributed by atoms with Crippen molar-refractivity contribution in [2.45, 2.75) is 6.04 Å². The van der Waals surface area contributed by atoms with Gasteiger partial charge in [-0.3, -0.25) is 4.90 Å². The van der Waals surface area contributed by atoms with Crippen molar-refractivity contribution in [1.29, 1.82) is 0 Å². The summed E-state index contributed by atoms with van der Waals surface area (Å²) in [7, 11) is 0. The molecule has 1 fully saturated rings. The zero-order valence-corrected chi connectivity index (χ0v) is 8.61. The lowest BCUT2D eigenvalue weighted by molar-refractivity contribution is 0.0816. The maximum Gasteiger partial charge on any atom is 0.408 e. The molecule has 1 aliphatic rings. The van der Waals surface area contributed by atoms with E-state index in [1.54, 1.807) is 0 Å². The normalized spacial score (nSPS) is 21.2. The Labute approximate surface area is 91.1 Å². The lowest BCUT2D eigenvalue weighted by atomic mass is 10.2. The van der Waals surface area contributed by atoms with Gasteiger partial charge in [0.15, 0.2) is 0 Å². The van der Waals surface area contributed by atoms with Gasteiger partial charge in [0.05, 0.1) is 11.5 Å². The lowest BCUT2D eigenvalue weighted by Crippen LogP contribution is -2.60. The number of amides is 2. The molecule has 0 aromatic rings. The lowest BCUT2D eigenvalue weighted by Gasteiger charge is -2.37. The summed E-state index contributed by atoms with van der Waals surface area (Å²) in [6.07, 6.45) is -2.24. The number of thiocarbonyl (C=S) groups is 1. The summed E-state index contributed by atoms with van der Waals surface area (Å²) in [4.78, 5) is 23.6. The first-order valence-electron chi connectivity index (χ1n) is 4.20. The van der Waals surface area contributed by atoms with Crippen LogP contribution >= 0.6 is 12.2 Å². The number of nitrogens with zero attached hydrogens (tertiary/aromatic N) is 2. The van der Waals surface area contributed by atoms with Gasteiger partial charge in [0, 0.05) is 13.1 Å². The second kappa shape index (κ2) is 4.30. The van der Waals surface area contributed by atoms with Crippen LogP contribution in [0.15, 0.2) is 0 Å². The number of nitrogens with two attached hydrogens (primary N) is 1. The molecule has 0 aromatic heterocycles. The molecule has 1 heterocycles. The van der Waals surface area contributed by atoms with Crippen LogP contribution in [0, 0.1) is 0 Å². The van der Waals surface area contributed by atoms with E-state index in [0.717, 1.165) is 9.80 Å². The Balaban J connectivity index is 2.78. The van der Waals surface area contributed by atoms with Crippen LogP contribution in [-0.4, -0.2) is 62.9 Å². The highest BCUT2D eigenvalue weighted by atomic mass is 32.1. The highest BCUT2D eigenvalue weighted by Gasteiger charge is 2.33. The van der Waals surface area contributed by atoms with Crippen LogP contribution in [0.25, 0.3) is 0 Å². The number of carboxylic acid groups (broad SMARTS) is 2. The third-order valence-corrected chi connectivity index (χ3v) is 2.50. The van der Waals surface area contributed by atoms with Gasteiger partial charge >= 0.3 is 12.2 Å². The maximum absolute atomic E-state index is 10.8.